The standard InChI is InChI=1S/C25H23ClN2O3/c1-2-3-13-30-21-6-4-5-18(15-21)25(29)27-20-11-12-23-22(16-20)28-24(31-23)14-17-7-9-19(26)10-8-17/h4-12,15-16H,2-3,13-14H2,1H3,(H,27,29). The molecule has 0 saturated heterocycles. The van der Waals surface area contributed by atoms with Gasteiger partial charge in [-0.1, -0.05) is 43.1 Å². The van der Waals surface area contributed by atoms with Gasteiger partial charge in [-0.05, 0) is 60.5 Å². The molecule has 6 heteroatoms. The van der Waals surface area contributed by atoms with Crippen molar-refractivity contribution in [2.45, 2.75) is 26.2 Å². The quantitative estimate of drug-likeness (QED) is 0.321. The Balaban J connectivity index is 1.45. The number of anilines is 1. The summed E-state index contributed by atoms with van der Waals surface area (Å²) >= 11 is 5.94. The Labute approximate surface area is 186 Å². The van der Waals surface area contributed by atoms with E-state index < -0.39 is 0 Å². The predicted molar refractivity (Wildman–Crippen MR) is 123 cm³/mol. The summed E-state index contributed by atoms with van der Waals surface area (Å²) in [5.74, 6) is 1.10. The number of amides is 1. The van der Waals surface area contributed by atoms with Crippen LogP contribution in [-0.2, 0) is 6.42 Å². The Morgan fingerprint density at radius 1 is 1.10 bits per heavy atom. The van der Waals surface area contributed by atoms with E-state index in [0.717, 1.165) is 18.4 Å². The summed E-state index contributed by atoms with van der Waals surface area (Å²) in [4.78, 5) is 17.2. The van der Waals surface area contributed by atoms with E-state index in [1.807, 2.05) is 48.5 Å². The number of nitrogens with one attached hydrogen (secondary N) is 1. The molecule has 4 rings (SSSR count). The molecular weight excluding hydrogens is 412 g/mol. The highest BCUT2D eigenvalue weighted by Crippen LogP contribution is 2.23. The van der Waals surface area contributed by atoms with E-state index in [9.17, 15) is 4.79 Å². The number of unbranched alkanes of at least 4 members (excludes halogenated alkanes) is 1. The molecule has 0 bridgehead atoms. The third-order valence-electron chi connectivity index (χ3n) is 4.82. The van der Waals surface area contributed by atoms with E-state index in [2.05, 4.69) is 17.2 Å². The molecule has 5 nitrogen and oxygen atoms in total. The lowest BCUT2D eigenvalue weighted by Gasteiger charge is -2.08. The Kier molecular flexibility index (Phi) is 6.53. The molecule has 0 spiro atoms. The second-order valence-corrected chi connectivity index (χ2v) is 7.71. The number of rotatable bonds is 8. The number of aromatic nitrogens is 1. The van der Waals surface area contributed by atoms with Gasteiger partial charge in [-0.15, -0.1) is 0 Å². The van der Waals surface area contributed by atoms with Crippen LogP contribution in [0.25, 0.3) is 11.1 Å². The van der Waals surface area contributed by atoms with Crippen LogP contribution in [-0.4, -0.2) is 17.5 Å². The molecule has 1 N–H and O–H groups in total. The molecule has 0 atom stereocenters. The number of hydrogen-bond acceptors (Lipinski definition) is 4. The fraction of sp³-hybridized carbons (Fsp3) is 0.200. The number of hydrogen-bond donors (Lipinski definition) is 1. The first-order valence-corrected chi connectivity index (χ1v) is 10.7. The van der Waals surface area contributed by atoms with Crippen molar-refractivity contribution in [1.82, 2.24) is 4.98 Å². The molecule has 1 heterocycles. The molecule has 0 aliphatic carbocycles. The number of ether oxygens (including phenoxy) is 1. The fourth-order valence-electron chi connectivity index (χ4n) is 3.17. The van der Waals surface area contributed by atoms with Crippen LogP contribution < -0.4 is 10.1 Å². The Morgan fingerprint density at radius 3 is 2.74 bits per heavy atom. The van der Waals surface area contributed by atoms with E-state index in [1.165, 1.54) is 0 Å². The van der Waals surface area contributed by atoms with Crippen LogP contribution in [0, 0.1) is 0 Å². The van der Waals surface area contributed by atoms with Crippen LogP contribution in [0.15, 0.2) is 71.1 Å². The van der Waals surface area contributed by atoms with E-state index in [1.54, 1.807) is 18.2 Å². The monoisotopic (exact) mass is 434 g/mol. The molecule has 0 aliphatic heterocycles. The van der Waals surface area contributed by atoms with Crippen molar-refractivity contribution in [3.8, 4) is 5.75 Å². The van der Waals surface area contributed by atoms with E-state index >= 15 is 0 Å². The molecule has 0 fully saturated rings. The minimum atomic E-state index is -0.204. The number of fused-ring (bicyclic) bond motifs is 1. The Morgan fingerprint density at radius 2 is 1.94 bits per heavy atom. The first-order chi connectivity index (χ1) is 15.1. The highest BCUT2D eigenvalue weighted by Gasteiger charge is 2.11. The number of carbonyl (C=O) groups excluding carboxylic acids is 1. The zero-order valence-electron chi connectivity index (χ0n) is 17.2. The third kappa shape index (κ3) is 5.44. The third-order valence-corrected chi connectivity index (χ3v) is 5.07. The molecule has 158 valence electrons. The van der Waals surface area contributed by atoms with Crippen LogP contribution in [0.4, 0.5) is 5.69 Å². The van der Waals surface area contributed by atoms with Crippen LogP contribution in [0.1, 0.15) is 41.6 Å². The van der Waals surface area contributed by atoms with Crippen molar-refractivity contribution < 1.29 is 13.9 Å². The summed E-state index contributed by atoms with van der Waals surface area (Å²) in [5.41, 5.74) is 3.62. The van der Waals surface area contributed by atoms with Gasteiger partial charge in [0.15, 0.2) is 11.5 Å². The molecule has 31 heavy (non-hydrogen) atoms. The molecule has 1 aromatic heterocycles. The van der Waals surface area contributed by atoms with Crippen LogP contribution >= 0.6 is 11.6 Å². The number of benzene rings is 3. The van der Waals surface area contributed by atoms with E-state index in [0.29, 0.717) is 52.0 Å². The van der Waals surface area contributed by atoms with Crippen LogP contribution in [0.2, 0.25) is 5.02 Å². The second-order valence-electron chi connectivity index (χ2n) is 7.28. The zero-order valence-corrected chi connectivity index (χ0v) is 18.0. The largest absolute Gasteiger partial charge is 0.494 e. The molecule has 3 aromatic carbocycles. The van der Waals surface area contributed by atoms with Crippen molar-refractivity contribution in [2.75, 3.05) is 11.9 Å². The minimum Gasteiger partial charge on any atom is -0.494 e. The SMILES string of the molecule is CCCCOc1cccc(C(=O)Nc2ccc3oc(Cc4ccc(Cl)cc4)nc3c2)c1. The summed E-state index contributed by atoms with van der Waals surface area (Å²) in [5, 5.41) is 3.61. The molecule has 0 unspecified atom stereocenters. The van der Waals surface area contributed by atoms with Gasteiger partial charge in [-0.2, -0.15) is 0 Å². The first kappa shape index (κ1) is 20.9. The lowest BCUT2D eigenvalue weighted by Crippen LogP contribution is -2.12. The topological polar surface area (TPSA) is 64.4 Å². The number of oxazole rings is 1. The average molecular weight is 435 g/mol. The van der Waals surface area contributed by atoms with Gasteiger partial charge in [0.2, 0.25) is 0 Å². The number of halogens is 1. The molecule has 0 aliphatic rings. The van der Waals surface area contributed by atoms with Crippen LogP contribution in [0.5, 0.6) is 5.75 Å². The maximum atomic E-state index is 12.7. The zero-order chi connectivity index (χ0) is 21.6. The summed E-state index contributed by atoms with van der Waals surface area (Å²) < 4.78 is 11.5. The van der Waals surface area contributed by atoms with E-state index in [-0.39, 0.29) is 5.91 Å². The number of nitrogens with zero attached hydrogens (tertiary/aromatic N) is 1. The highest BCUT2D eigenvalue weighted by molar-refractivity contribution is 6.30. The van der Waals surface area contributed by atoms with Gasteiger partial charge in [-0.25, -0.2) is 4.98 Å². The average Bonchev–Trinajstić information content (AvgIpc) is 3.17. The minimum absolute atomic E-state index is 0.204. The lowest BCUT2D eigenvalue weighted by atomic mass is 10.1. The smallest absolute Gasteiger partial charge is 0.255 e. The van der Waals surface area contributed by atoms with E-state index in [4.69, 9.17) is 20.8 Å². The Bertz CT molecular complexity index is 1190. The molecule has 0 radical (unpaired) electrons. The summed E-state index contributed by atoms with van der Waals surface area (Å²) in [6.07, 6.45) is 2.61. The van der Waals surface area contributed by atoms with Gasteiger partial charge in [0.1, 0.15) is 11.3 Å². The first-order valence-electron chi connectivity index (χ1n) is 10.3. The molecule has 4 aromatic rings. The second kappa shape index (κ2) is 9.67. The van der Waals surface area contributed by atoms with Crippen molar-refractivity contribution in [1.29, 1.82) is 0 Å². The van der Waals surface area contributed by atoms with Gasteiger partial charge in [0, 0.05) is 22.7 Å². The lowest BCUT2D eigenvalue weighted by molar-refractivity contribution is 0.102. The Hall–Kier alpha value is -3.31. The van der Waals surface area contributed by atoms with Crippen molar-refractivity contribution >= 4 is 34.3 Å². The number of carbonyl (C=O) groups is 1. The molecular formula is C25H23ClN2O3. The van der Waals surface area contributed by atoms with Gasteiger partial charge in [0.05, 0.1) is 6.61 Å². The summed E-state index contributed by atoms with van der Waals surface area (Å²) in [7, 11) is 0. The molecule has 1 amide bonds. The molecule has 0 saturated carbocycles. The normalized spacial score (nSPS) is 10.9. The van der Waals surface area contributed by atoms with Crippen LogP contribution in [0.3, 0.4) is 0 Å². The van der Waals surface area contributed by atoms with Gasteiger partial charge in [0.25, 0.3) is 5.91 Å². The van der Waals surface area contributed by atoms with Gasteiger partial charge < -0.3 is 14.5 Å². The van der Waals surface area contributed by atoms with Crippen molar-refractivity contribution in [2.24, 2.45) is 0 Å². The summed E-state index contributed by atoms with van der Waals surface area (Å²) in [6, 6.07) is 20.2. The van der Waals surface area contributed by atoms with Gasteiger partial charge >= 0.3 is 0 Å². The van der Waals surface area contributed by atoms with Crippen molar-refractivity contribution in [3.05, 3.63) is 88.8 Å². The van der Waals surface area contributed by atoms with Gasteiger partial charge in [-0.3, -0.25) is 4.79 Å². The highest BCUT2D eigenvalue weighted by atomic mass is 35.5. The maximum Gasteiger partial charge on any atom is 0.255 e. The fourth-order valence-corrected chi connectivity index (χ4v) is 3.30. The maximum absolute atomic E-state index is 12.7. The summed E-state index contributed by atoms with van der Waals surface area (Å²) in [6.45, 7) is 2.75. The predicted octanol–water partition coefficient (Wildman–Crippen LogP) is 6.50. The van der Waals surface area contributed by atoms with Crippen molar-refractivity contribution in [3.63, 3.8) is 0 Å².